The summed E-state index contributed by atoms with van der Waals surface area (Å²) in [5, 5.41) is 12.4. The van der Waals surface area contributed by atoms with Gasteiger partial charge in [-0.05, 0) is 92.8 Å². The Balaban J connectivity index is 0.00000650. The molecule has 2 aliphatic heterocycles. The standard InChI is InChI=1S/C40H47N3O8S2.K/c1-39(2)32-26-30(52(46,47)48)19-21-34(32)42(5)36(39)12-8-6-9-13-37-40(3,4)33-27-31(53(49,50)51)20-22-35(33)43(37)25-11-7-10-14-38(45)41-24-23-28-15-17-29(44)18-16-28;/h6,8-9,12-13,15-22,26-27H,7,10-11,14,23-25H2,1-5H3,(H3-,41,44,45,46,47,48,49,50,51);/q;+1/p-1. The molecule has 282 valence electrons. The van der Waals surface area contributed by atoms with Crippen molar-refractivity contribution in [3.63, 3.8) is 0 Å². The summed E-state index contributed by atoms with van der Waals surface area (Å²) in [6, 6.07) is 15.8. The topological polar surface area (TPSA) is 170 Å². The van der Waals surface area contributed by atoms with Gasteiger partial charge in [0.25, 0.3) is 0 Å². The van der Waals surface area contributed by atoms with E-state index in [1.807, 2.05) is 81.8 Å². The predicted molar refractivity (Wildman–Crippen MR) is 203 cm³/mol. The van der Waals surface area contributed by atoms with E-state index in [4.69, 9.17) is 0 Å². The number of nitrogens with zero attached hydrogens (tertiary/aromatic N) is 2. The quantitative estimate of drug-likeness (QED) is 0.0819. The van der Waals surface area contributed by atoms with Crippen LogP contribution in [0.25, 0.3) is 0 Å². The fourth-order valence-corrected chi connectivity index (χ4v) is 8.20. The Hall–Kier alpha value is -2.92. The number of carbonyl (C=O) groups is 1. The molecule has 3 aromatic rings. The van der Waals surface area contributed by atoms with Crippen LogP contribution in [-0.4, -0.2) is 67.4 Å². The van der Waals surface area contributed by atoms with Crippen LogP contribution in [0.1, 0.15) is 70.1 Å². The number of carbonyl (C=O) groups excluding carboxylic acids is 1. The summed E-state index contributed by atoms with van der Waals surface area (Å²) in [6.07, 6.45) is 12.9. The zero-order chi connectivity index (χ0) is 38.8. The summed E-state index contributed by atoms with van der Waals surface area (Å²) in [6.45, 7) is 9.06. The van der Waals surface area contributed by atoms with E-state index in [1.165, 1.54) is 24.3 Å². The molecule has 0 aromatic heterocycles. The van der Waals surface area contributed by atoms with E-state index in [1.54, 1.807) is 24.3 Å². The Labute approximate surface area is 361 Å². The zero-order valence-corrected chi connectivity index (χ0v) is 36.4. The molecule has 3 aromatic carbocycles. The summed E-state index contributed by atoms with van der Waals surface area (Å²) in [5.74, 6) is 0.187. The van der Waals surface area contributed by atoms with E-state index in [2.05, 4.69) is 10.2 Å². The molecule has 0 aliphatic carbocycles. The SMILES string of the molecule is C[N+]1=C(/C=C/C=C/C=C2/N(CCCCCC(=O)NCCc3ccc(O)cc3)c3ccc(S(=O)(=O)[O-])cc3C2(C)C)C(C)(C)c2cc(S(=O)(=O)[O-])ccc21.[K+]. The Bertz CT molecular complexity index is 2240. The van der Waals surface area contributed by atoms with Gasteiger partial charge in [-0.1, -0.05) is 50.6 Å². The monoisotopic (exact) mass is 799 g/mol. The third-order valence-electron chi connectivity index (χ3n) is 10.1. The molecule has 2 aliphatic rings. The smallest absolute Gasteiger partial charge is 0.744 e. The first-order valence-electron chi connectivity index (χ1n) is 17.5. The summed E-state index contributed by atoms with van der Waals surface area (Å²) in [7, 11) is -7.36. The fraction of sp³-hybridized carbons (Fsp3) is 0.350. The second-order valence-electron chi connectivity index (χ2n) is 14.5. The molecule has 0 saturated heterocycles. The third kappa shape index (κ3) is 9.89. The van der Waals surface area contributed by atoms with Crippen molar-refractivity contribution in [1.82, 2.24) is 5.32 Å². The Morgan fingerprint density at radius 2 is 1.46 bits per heavy atom. The molecule has 54 heavy (non-hydrogen) atoms. The Morgan fingerprint density at radius 1 is 0.833 bits per heavy atom. The number of unbranched alkanes of at least 4 members (excludes halogenated alkanes) is 2. The van der Waals surface area contributed by atoms with Crippen LogP contribution in [0.4, 0.5) is 11.4 Å². The number of rotatable bonds is 14. The summed E-state index contributed by atoms with van der Waals surface area (Å²) in [5.41, 5.74) is 4.81. The molecule has 0 bridgehead atoms. The molecule has 14 heteroatoms. The van der Waals surface area contributed by atoms with Crippen molar-refractivity contribution >= 4 is 43.2 Å². The molecule has 0 atom stereocenters. The van der Waals surface area contributed by atoms with Gasteiger partial charge in [0.05, 0.1) is 15.2 Å². The van der Waals surface area contributed by atoms with Gasteiger partial charge in [-0.25, -0.2) is 16.8 Å². The van der Waals surface area contributed by atoms with Crippen LogP contribution in [0.15, 0.2) is 107 Å². The molecule has 0 unspecified atom stereocenters. The van der Waals surface area contributed by atoms with Gasteiger partial charge in [0, 0.05) is 54.0 Å². The number of fused-ring (bicyclic) bond motifs is 2. The molecular weight excluding hydrogens is 754 g/mol. The number of aromatic hydroxyl groups is 1. The second kappa shape index (κ2) is 17.5. The third-order valence-corrected chi connectivity index (χ3v) is 11.8. The Kier molecular flexibility index (Phi) is 14.2. The van der Waals surface area contributed by atoms with Crippen LogP contribution >= 0.6 is 0 Å². The summed E-state index contributed by atoms with van der Waals surface area (Å²) < 4.78 is 72.8. The maximum absolute atomic E-state index is 12.4. The van der Waals surface area contributed by atoms with Crippen LogP contribution < -0.4 is 61.6 Å². The van der Waals surface area contributed by atoms with E-state index < -0.39 is 31.1 Å². The van der Waals surface area contributed by atoms with Gasteiger partial charge in [-0.2, -0.15) is 4.58 Å². The number of phenols is 1. The van der Waals surface area contributed by atoms with Crippen molar-refractivity contribution in [3.8, 4) is 5.75 Å². The van der Waals surface area contributed by atoms with Gasteiger partial charge in [0.1, 0.15) is 33.0 Å². The number of hydrogen-bond donors (Lipinski definition) is 2. The molecule has 0 spiro atoms. The van der Waals surface area contributed by atoms with E-state index in [0.29, 0.717) is 32.4 Å². The first-order valence-corrected chi connectivity index (χ1v) is 20.3. The number of phenolic OH excluding ortho intramolecular Hbond substituents is 1. The van der Waals surface area contributed by atoms with Crippen molar-refractivity contribution in [2.75, 3.05) is 25.0 Å². The van der Waals surface area contributed by atoms with Crippen LogP contribution in [0.3, 0.4) is 0 Å². The molecule has 2 N–H and O–H groups in total. The van der Waals surface area contributed by atoms with Gasteiger partial charge in [0.2, 0.25) is 11.6 Å². The maximum Gasteiger partial charge on any atom is 1.00 e. The largest absolute Gasteiger partial charge is 1.00 e. The molecule has 0 radical (unpaired) electrons. The van der Waals surface area contributed by atoms with Crippen molar-refractivity contribution in [2.24, 2.45) is 0 Å². The molecular formula is C40H46KN3O8S2. The van der Waals surface area contributed by atoms with Crippen molar-refractivity contribution < 1.29 is 91.8 Å². The number of amides is 1. The first-order chi connectivity index (χ1) is 24.8. The van der Waals surface area contributed by atoms with E-state index in [-0.39, 0.29) is 72.8 Å². The zero-order valence-electron chi connectivity index (χ0n) is 31.6. The second-order valence-corrected chi connectivity index (χ2v) is 17.2. The van der Waals surface area contributed by atoms with Gasteiger partial charge in [-0.15, -0.1) is 0 Å². The van der Waals surface area contributed by atoms with Crippen LogP contribution in [-0.2, 0) is 42.3 Å². The average molecular weight is 800 g/mol. The number of hydrogen-bond acceptors (Lipinski definition) is 9. The first kappa shape index (κ1) is 43.8. The minimum Gasteiger partial charge on any atom is -0.744 e. The normalized spacial score (nSPS) is 16.9. The van der Waals surface area contributed by atoms with Crippen molar-refractivity contribution in [1.29, 1.82) is 0 Å². The van der Waals surface area contributed by atoms with E-state index in [0.717, 1.165) is 52.3 Å². The van der Waals surface area contributed by atoms with Crippen LogP contribution in [0, 0.1) is 0 Å². The van der Waals surface area contributed by atoms with Crippen LogP contribution in [0.5, 0.6) is 5.75 Å². The van der Waals surface area contributed by atoms with E-state index >= 15 is 0 Å². The minimum atomic E-state index is -4.65. The Morgan fingerprint density at radius 3 is 2.11 bits per heavy atom. The fourth-order valence-electron chi connectivity index (χ4n) is 7.21. The number of benzene rings is 3. The van der Waals surface area contributed by atoms with Crippen molar-refractivity contribution in [3.05, 3.63) is 113 Å². The predicted octanol–water partition coefficient (Wildman–Crippen LogP) is 2.92. The van der Waals surface area contributed by atoms with Gasteiger partial charge >= 0.3 is 51.4 Å². The molecule has 1 amide bonds. The van der Waals surface area contributed by atoms with Crippen LogP contribution in [0.2, 0.25) is 0 Å². The number of allylic oxidation sites excluding steroid dienone is 6. The number of anilines is 1. The molecule has 11 nitrogen and oxygen atoms in total. The maximum atomic E-state index is 12.4. The van der Waals surface area contributed by atoms with Gasteiger partial charge in [0.15, 0.2) is 5.71 Å². The number of nitrogens with one attached hydrogen (secondary N) is 1. The molecule has 0 fully saturated rings. The van der Waals surface area contributed by atoms with Crippen molar-refractivity contribution in [2.45, 2.75) is 80.4 Å². The molecule has 2 heterocycles. The summed E-state index contributed by atoms with van der Waals surface area (Å²) >= 11 is 0. The molecule has 5 rings (SSSR count). The van der Waals surface area contributed by atoms with E-state index in [9.17, 15) is 35.8 Å². The molecule has 0 saturated carbocycles. The van der Waals surface area contributed by atoms with Gasteiger partial charge in [-0.3, -0.25) is 4.79 Å². The van der Waals surface area contributed by atoms with Gasteiger partial charge < -0.3 is 24.4 Å². The summed E-state index contributed by atoms with van der Waals surface area (Å²) in [4.78, 5) is 14.0. The minimum absolute atomic E-state index is 0. The average Bonchev–Trinajstić information content (AvgIpc) is 3.41.